The van der Waals surface area contributed by atoms with E-state index in [4.69, 9.17) is 0 Å². The van der Waals surface area contributed by atoms with Gasteiger partial charge in [-0.3, -0.25) is 15.4 Å². The van der Waals surface area contributed by atoms with Gasteiger partial charge in [-0.25, -0.2) is 4.98 Å². The molecular formula is C19H22N4O2. The van der Waals surface area contributed by atoms with E-state index < -0.39 is 0 Å². The molecule has 2 aromatic carbocycles. The lowest BCUT2D eigenvalue weighted by molar-refractivity contribution is -0.383. The van der Waals surface area contributed by atoms with Crippen molar-refractivity contribution in [1.29, 1.82) is 0 Å². The number of benzene rings is 2. The summed E-state index contributed by atoms with van der Waals surface area (Å²) in [7, 11) is 0. The number of hydrogen-bond acceptors (Lipinski definition) is 5. The van der Waals surface area contributed by atoms with Crippen LogP contribution in [-0.2, 0) is 0 Å². The Hall–Kier alpha value is -2.73. The summed E-state index contributed by atoms with van der Waals surface area (Å²) in [5.74, 6) is 0. The van der Waals surface area contributed by atoms with Crippen LogP contribution in [0.3, 0.4) is 0 Å². The summed E-state index contributed by atoms with van der Waals surface area (Å²) in [6, 6.07) is 12.8. The van der Waals surface area contributed by atoms with E-state index in [2.05, 4.69) is 29.5 Å². The van der Waals surface area contributed by atoms with E-state index in [1.807, 2.05) is 30.3 Å². The van der Waals surface area contributed by atoms with Gasteiger partial charge in [0.1, 0.15) is 5.39 Å². The number of para-hydroxylation sites is 1. The number of non-ortho nitro benzene ring substituents is 1. The van der Waals surface area contributed by atoms with Crippen molar-refractivity contribution >= 4 is 33.2 Å². The largest absolute Gasteiger partial charge is 0.369 e. The van der Waals surface area contributed by atoms with Gasteiger partial charge in [0, 0.05) is 11.5 Å². The average molecular weight is 338 g/mol. The second-order valence-corrected chi connectivity index (χ2v) is 5.99. The molecule has 1 atom stereocenters. The van der Waals surface area contributed by atoms with Gasteiger partial charge in [-0.2, -0.15) is 0 Å². The Morgan fingerprint density at radius 1 is 1.12 bits per heavy atom. The van der Waals surface area contributed by atoms with Crippen LogP contribution in [0.5, 0.6) is 0 Å². The van der Waals surface area contributed by atoms with E-state index >= 15 is 0 Å². The molecule has 1 heterocycles. The smallest absolute Gasteiger partial charge is 0.280 e. The molecule has 0 saturated carbocycles. The summed E-state index contributed by atoms with van der Waals surface area (Å²) in [5.41, 5.74) is 2.29. The highest BCUT2D eigenvalue weighted by Crippen LogP contribution is 2.36. The Morgan fingerprint density at radius 2 is 1.88 bits per heavy atom. The third-order valence-electron chi connectivity index (χ3n) is 4.25. The van der Waals surface area contributed by atoms with Crippen LogP contribution in [0.15, 0.2) is 42.5 Å². The van der Waals surface area contributed by atoms with Crippen LogP contribution in [0.4, 0.5) is 11.4 Å². The van der Waals surface area contributed by atoms with Crippen LogP contribution in [-0.4, -0.2) is 22.6 Å². The number of pyridine rings is 1. The number of anilines is 1. The molecule has 1 aromatic heterocycles. The van der Waals surface area contributed by atoms with E-state index in [9.17, 15) is 10.1 Å². The molecule has 130 valence electrons. The maximum absolute atomic E-state index is 11.6. The molecule has 6 nitrogen and oxygen atoms in total. The number of fused-ring (bicyclic) bond motifs is 2. The highest BCUT2D eigenvalue weighted by molar-refractivity contribution is 6.11. The van der Waals surface area contributed by atoms with Crippen LogP contribution < -0.4 is 10.6 Å². The maximum atomic E-state index is 11.6. The molecule has 6 heteroatoms. The molecule has 0 aliphatic carbocycles. The lowest BCUT2D eigenvalue weighted by atomic mass is 10.1. The van der Waals surface area contributed by atoms with Crippen LogP contribution in [0.25, 0.3) is 21.8 Å². The molecule has 0 radical (unpaired) electrons. The van der Waals surface area contributed by atoms with Crippen LogP contribution in [0, 0.1) is 10.1 Å². The molecule has 0 spiro atoms. The first-order valence-electron chi connectivity index (χ1n) is 8.61. The van der Waals surface area contributed by atoms with Gasteiger partial charge in [0.15, 0.2) is 0 Å². The number of rotatable bonds is 7. The lowest BCUT2D eigenvalue weighted by Gasteiger charge is -2.22. The Balaban J connectivity index is 2.25. The quantitative estimate of drug-likeness (QED) is 0.288. The third-order valence-corrected chi connectivity index (χ3v) is 4.25. The van der Waals surface area contributed by atoms with Crippen molar-refractivity contribution < 1.29 is 4.92 Å². The van der Waals surface area contributed by atoms with Gasteiger partial charge in [0.25, 0.3) is 5.69 Å². The van der Waals surface area contributed by atoms with Crippen molar-refractivity contribution in [2.24, 2.45) is 0 Å². The van der Waals surface area contributed by atoms with Crippen LogP contribution in [0.2, 0.25) is 0 Å². The number of aromatic nitrogens is 1. The van der Waals surface area contributed by atoms with Crippen molar-refractivity contribution in [3.05, 3.63) is 52.6 Å². The Kier molecular flexibility index (Phi) is 5.09. The summed E-state index contributed by atoms with van der Waals surface area (Å²) in [6.45, 7) is 5.08. The Bertz CT molecular complexity index is 910. The second kappa shape index (κ2) is 7.44. The van der Waals surface area contributed by atoms with E-state index in [1.165, 1.54) is 6.07 Å². The molecule has 25 heavy (non-hydrogen) atoms. The molecule has 3 aromatic rings. The van der Waals surface area contributed by atoms with Crippen molar-refractivity contribution in [2.45, 2.75) is 32.9 Å². The topological polar surface area (TPSA) is 80.1 Å². The first-order chi connectivity index (χ1) is 12.2. The highest BCUT2D eigenvalue weighted by Gasteiger charge is 2.20. The number of nitro benzene ring substituents is 1. The number of nitro groups is 1. The molecule has 0 bridgehead atoms. The fourth-order valence-corrected chi connectivity index (χ4v) is 3.02. The monoisotopic (exact) mass is 338 g/mol. The average Bonchev–Trinajstić information content (AvgIpc) is 2.63. The predicted molar refractivity (Wildman–Crippen MR) is 102 cm³/mol. The fraction of sp³-hybridized carbons (Fsp3) is 0.316. The van der Waals surface area contributed by atoms with Gasteiger partial charge in [0.05, 0.1) is 27.8 Å². The Labute approximate surface area is 146 Å². The van der Waals surface area contributed by atoms with E-state index in [-0.39, 0.29) is 16.8 Å². The van der Waals surface area contributed by atoms with Crippen LogP contribution >= 0.6 is 0 Å². The zero-order valence-electron chi connectivity index (χ0n) is 14.5. The normalized spacial score (nSPS) is 12.4. The van der Waals surface area contributed by atoms with E-state index in [0.717, 1.165) is 36.0 Å². The van der Waals surface area contributed by atoms with Crippen LogP contribution in [0.1, 0.15) is 26.7 Å². The SMILES string of the molecule is CCCNC(CC)Nc1c2ccccc2nc2cccc([N+](=O)[O-])c12. The maximum Gasteiger partial charge on any atom is 0.280 e. The molecule has 1 unspecified atom stereocenters. The third kappa shape index (κ3) is 3.39. The molecule has 2 N–H and O–H groups in total. The van der Waals surface area contributed by atoms with Gasteiger partial charge >= 0.3 is 0 Å². The standard InChI is InChI=1S/C19H22N4O2/c1-3-12-20-17(4-2)22-19-13-8-5-6-9-14(13)21-15-10-7-11-16(18(15)19)23(24)25/h5-11,17,20H,3-4,12H2,1-2H3,(H,21,22). The first kappa shape index (κ1) is 17.1. The fourth-order valence-electron chi connectivity index (χ4n) is 3.02. The predicted octanol–water partition coefficient (Wildman–Crippen LogP) is 4.44. The molecular weight excluding hydrogens is 316 g/mol. The zero-order chi connectivity index (χ0) is 17.8. The van der Waals surface area contributed by atoms with Crippen molar-refractivity contribution in [3.63, 3.8) is 0 Å². The molecule has 0 saturated heterocycles. The summed E-state index contributed by atoms with van der Waals surface area (Å²) < 4.78 is 0. The van der Waals surface area contributed by atoms with Gasteiger partial charge in [-0.1, -0.05) is 38.1 Å². The summed E-state index contributed by atoms with van der Waals surface area (Å²) in [4.78, 5) is 15.8. The lowest BCUT2D eigenvalue weighted by Crippen LogP contribution is -2.36. The zero-order valence-corrected chi connectivity index (χ0v) is 14.5. The van der Waals surface area contributed by atoms with Gasteiger partial charge in [-0.05, 0) is 31.5 Å². The number of nitrogens with one attached hydrogen (secondary N) is 2. The molecule has 3 rings (SSSR count). The number of hydrogen-bond donors (Lipinski definition) is 2. The van der Waals surface area contributed by atoms with Crippen molar-refractivity contribution in [1.82, 2.24) is 10.3 Å². The second-order valence-electron chi connectivity index (χ2n) is 5.99. The summed E-state index contributed by atoms with van der Waals surface area (Å²) in [5, 5.41) is 19.9. The van der Waals surface area contributed by atoms with Gasteiger partial charge in [0.2, 0.25) is 0 Å². The van der Waals surface area contributed by atoms with Crippen molar-refractivity contribution in [3.8, 4) is 0 Å². The summed E-state index contributed by atoms with van der Waals surface area (Å²) >= 11 is 0. The highest BCUT2D eigenvalue weighted by atomic mass is 16.6. The minimum atomic E-state index is -0.343. The van der Waals surface area contributed by atoms with Gasteiger partial charge < -0.3 is 5.32 Å². The molecule has 0 fully saturated rings. The Morgan fingerprint density at radius 3 is 2.60 bits per heavy atom. The first-order valence-corrected chi connectivity index (χ1v) is 8.61. The van der Waals surface area contributed by atoms with Crippen molar-refractivity contribution in [2.75, 3.05) is 11.9 Å². The summed E-state index contributed by atoms with van der Waals surface area (Å²) in [6.07, 6.45) is 1.92. The molecule has 0 aliphatic rings. The molecule has 0 amide bonds. The number of nitrogens with zero attached hydrogens (tertiary/aromatic N) is 2. The minimum absolute atomic E-state index is 0.0359. The molecule has 0 aliphatic heterocycles. The minimum Gasteiger partial charge on any atom is -0.369 e. The van der Waals surface area contributed by atoms with E-state index in [0.29, 0.717) is 10.9 Å². The van der Waals surface area contributed by atoms with Gasteiger partial charge in [-0.15, -0.1) is 0 Å². The van der Waals surface area contributed by atoms with E-state index in [1.54, 1.807) is 6.07 Å².